The molecule has 2 atom stereocenters. The molecule has 4 heterocycles. The summed E-state index contributed by atoms with van der Waals surface area (Å²) in [5.41, 5.74) is 3.25. The van der Waals surface area contributed by atoms with Crippen LogP contribution in [-0.4, -0.2) is 56.6 Å². The molecule has 1 aliphatic heterocycles. The number of thiocarbonyl (C=S) groups is 1. The van der Waals surface area contributed by atoms with E-state index < -0.39 is 0 Å². The highest BCUT2D eigenvalue weighted by atomic mass is 32.1. The highest BCUT2D eigenvalue weighted by Crippen LogP contribution is 2.39. The number of nitrogens with zero attached hydrogens (tertiary/aromatic N) is 5. The average Bonchev–Trinajstić information content (AvgIpc) is 3.32. The molecule has 0 spiro atoms. The van der Waals surface area contributed by atoms with Gasteiger partial charge < -0.3 is 19.7 Å². The van der Waals surface area contributed by atoms with E-state index in [1.54, 1.807) is 0 Å². The normalized spacial score (nSPS) is 19.2. The number of likely N-dealkylation sites (N-methyl/N-ethyl adjacent to an activating group) is 1. The highest BCUT2D eigenvalue weighted by Gasteiger charge is 2.41. The second-order valence-electron chi connectivity index (χ2n) is 7.13. The van der Waals surface area contributed by atoms with E-state index in [0.29, 0.717) is 0 Å². The van der Waals surface area contributed by atoms with Crippen molar-refractivity contribution in [1.29, 1.82) is 0 Å². The minimum Gasteiger partial charge on any atom is -0.352 e. The van der Waals surface area contributed by atoms with Crippen molar-refractivity contribution in [1.82, 2.24) is 29.7 Å². The lowest BCUT2D eigenvalue weighted by Gasteiger charge is -2.29. The molecule has 28 heavy (non-hydrogen) atoms. The Hall–Kier alpha value is -2.77. The van der Waals surface area contributed by atoms with Crippen molar-refractivity contribution < 1.29 is 0 Å². The van der Waals surface area contributed by atoms with Gasteiger partial charge in [-0.2, -0.15) is 0 Å². The second-order valence-corrected chi connectivity index (χ2v) is 7.52. The molecule has 4 rings (SSSR count). The predicted octanol–water partition coefficient (Wildman–Crippen LogP) is 2.80. The van der Waals surface area contributed by atoms with Crippen LogP contribution in [-0.2, 0) is 0 Å². The summed E-state index contributed by atoms with van der Waals surface area (Å²) >= 11 is 5.73. The molecule has 0 aromatic carbocycles. The Kier molecular flexibility index (Phi) is 5.36. The molecule has 6 nitrogen and oxygen atoms in total. The van der Waals surface area contributed by atoms with Crippen LogP contribution in [0.5, 0.6) is 0 Å². The molecule has 0 bridgehead atoms. The summed E-state index contributed by atoms with van der Waals surface area (Å²) in [7, 11) is 4.16. The third-order valence-corrected chi connectivity index (χ3v) is 5.36. The largest absolute Gasteiger partial charge is 0.352 e. The predicted molar refractivity (Wildman–Crippen MR) is 114 cm³/mol. The van der Waals surface area contributed by atoms with Gasteiger partial charge in [0.15, 0.2) is 5.11 Å². The molecule has 1 N–H and O–H groups in total. The van der Waals surface area contributed by atoms with Crippen LogP contribution in [0.4, 0.5) is 0 Å². The fourth-order valence-electron chi connectivity index (χ4n) is 3.65. The van der Waals surface area contributed by atoms with E-state index in [4.69, 9.17) is 12.2 Å². The summed E-state index contributed by atoms with van der Waals surface area (Å²) in [4.78, 5) is 13.2. The first-order valence-electron chi connectivity index (χ1n) is 9.35. The van der Waals surface area contributed by atoms with Crippen molar-refractivity contribution in [3.8, 4) is 5.69 Å². The zero-order chi connectivity index (χ0) is 19.5. The smallest absolute Gasteiger partial charge is 0.170 e. The van der Waals surface area contributed by atoms with Gasteiger partial charge in [0.1, 0.15) is 0 Å². The van der Waals surface area contributed by atoms with Gasteiger partial charge in [0.25, 0.3) is 0 Å². The average molecular weight is 393 g/mol. The molecule has 3 aromatic heterocycles. The minimum atomic E-state index is -0.00801. The van der Waals surface area contributed by atoms with Crippen LogP contribution in [0.3, 0.4) is 0 Å². The van der Waals surface area contributed by atoms with Gasteiger partial charge in [-0.25, -0.2) is 0 Å². The van der Waals surface area contributed by atoms with Crippen molar-refractivity contribution in [3.63, 3.8) is 0 Å². The van der Waals surface area contributed by atoms with Crippen LogP contribution >= 0.6 is 12.2 Å². The summed E-state index contributed by atoms with van der Waals surface area (Å²) < 4.78 is 2.21. The Morgan fingerprint density at radius 1 is 1.07 bits per heavy atom. The quantitative estimate of drug-likeness (QED) is 0.651. The van der Waals surface area contributed by atoms with Gasteiger partial charge in [0.2, 0.25) is 0 Å². The number of pyridine rings is 2. The molecule has 0 unspecified atom stereocenters. The molecular formula is C21H24N6S. The summed E-state index contributed by atoms with van der Waals surface area (Å²) in [6, 6.07) is 14.3. The number of aromatic nitrogens is 3. The van der Waals surface area contributed by atoms with E-state index in [1.165, 1.54) is 5.69 Å². The van der Waals surface area contributed by atoms with Gasteiger partial charge in [0, 0.05) is 49.3 Å². The van der Waals surface area contributed by atoms with Crippen LogP contribution in [0.1, 0.15) is 23.5 Å². The van der Waals surface area contributed by atoms with Crippen molar-refractivity contribution in [2.45, 2.75) is 12.1 Å². The second kappa shape index (κ2) is 8.08. The van der Waals surface area contributed by atoms with E-state index >= 15 is 0 Å². The third kappa shape index (κ3) is 3.63. The Morgan fingerprint density at radius 2 is 1.89 bits per heavy atom. The van der Waals surface area contributed by atoms with E-state index in [-0.39, 0.29) is 12.1 Å². The van der Waals surface area contributed by atoms with Crippen LogP contribution in [0.2, 0.25) is 0 Å². The van der Waals surface area contributed by atoms with Crippen LogP contribution in [0.15, 0.2) is 67.3 Å². The van der Waals surface area contributed by atoms with Crippen molar-refractivity contribution in [2.75, 3.05) is 27.2 Å². The van der Waals surface area contributed by atoms with E-state index in [1.807, 2.05) is 42.9 Å². The zero-order valence-electron chi connectivity index (χ0n) is 16.1. The summed E-state index contributed by atoms with van der Waals surface area (Å²) in [5.74, 6) is 0. The van der Waals surface area contributed by atoms with Crippen molar-refractivity contribution >= 4 is 17.3 Å². The van der Waals surface area contributed by atoms with Gasteiger partial charge in [-0.1, -0.05) is 6.07 Å². The molecule has 1 saturated heterocycles. The maximum absolute atomic E-state index is 5.73. The summed E-state index contributed by atoms with van der Waals surface area (Å²) in [6.45, 7) is 1.76. The Morgan fingerprint density at radius 3 is 2.61 bits per heavy atom. The maximum Gasteiger partial charge on any atom is 0.170 e. The minimum absolute atomic E-state index is 0.00801. The molecule has 3 aromatic rings. The maximum atomic E-state index is 5.73. The summed E-state index contributed by atoms with van der Waals surface area (Å²) in [6.07, 6.45) is 7.56. The van der Waals surface area contributed by atoms with Gasteiger partial charge in [-0.3, -0.25) is 9.97 Å². The molecule has 1 fully saturated rings. The SMILES string of the molecule is CN(C)CCN1C(=S)N[C@@H](c2ccccn2)[C@@H]1c1cccn1-c1ccncc1. The van der Waals surface area contributed by atoms with E-state index in [2.05, 4.69) is 68.1 Å². The number of rotatable bonds is 6. The fraction of sp³-hybridized carbons (Fsp3) is 0.286. The molecule has 0 amide bonds. The molecule has 0 saturated carbocycles. The summed E-state index contributed by atoms with van der Waals surface area (Å²) in [5, 5.41) is 4.28. The molecule has 7 heteroatoms. The molecule has 0 radical (unpaired) electrons. The third-order valence-electron chi connectivity index (χ3n) is 5.01. The van der Waals surface area contributed by atoms with Crippen LogP contribution in [0.25, 0.3) is 5.69 Å². The molecule has 0 aliphatic carbocycles. The first-order chi connectivity index (χ1) is 13.6. The fourth-order valence-corrected chi connectivity index (χ4v) is 3.98. The number of nitrogens with one attached hydrogen (secondary N) is 1. The first-order valence-corrected chi connectivity index (χ1v) is 9.76. The van der Waals surface area contributed by atoms with Crippen LogP contribution < -0.4 is 5.32 Å². The first kappa shape index (κ1) is 18.6. The molecule has 144 valence electrons. The lowest BCUT2D eigenvalue weighted by molar-refractivity contribution is 0.272. The Bertz CT molecular complexity index is 924. The standard InChI is InChI=1S/C21H24N6S/c1-25(2)14-15-27-20(19(24-21(27)28)17-6-3-4-10-23-17)18-7-5-13-26(18)16-8-11-22-12-9-16/h3-13,19-20H,14-15H2,1-2H3,(H,24,28)/t19-,20-/m0/s1. The van der Waals surface area contributed by atoms with Gasteiger partial charge in [0.05, 0.1) is 17.8 Å². The lowest BCUT2D eigenvalue weighted by Crippen LogP contribution is -2.36. The van der Waals surface area contributed by atoms with Gasteiger partial charge >= 0.3 is 0 Å². The van der Waals surface area contributed by atoms with Gasteiger partial charge in [-0.15, -0.1) is 0 Å². The molecular weight excluding hydrogens is 368 g/mol. The number of hydrogen-bond donors (Lipinski definition) is 1. The molecule has 1 aliphatic rings. The highest BCUT2D eigenvalue weighted by molar-refractivity contribution is 7.80. The topological polar surface area (TPSA) is 49.2 Å². The Labute approximate surface area is 170 Å². The lowest BCUT2D eigenvalue weighted by atomic mass is 10.0. The van der Waals surface area contributed by atoms with Crippen molar-refractivity contribution in [2.24, 2.45) is 0 Å². The Balaban J connectivity index is 1.77. The van der Waals surface area contributed by atoms with E-state index in [0.717, 1.165) is 29.6 Å². The van der Waals surface area contributed by atoms with Crippen LogP contribution in [0, 0.1) is 0 Å². The number of hydrogen-bond acceptors (Lipinski definition) is 4. The van der Waals surface area contributed by atoms with Crippen molar-refractivity contribution in [3.05, 3.63) is 78.6 Å². The van der Waals surface area contributed by atoms with Gasteiger partial charge in [-0.05, 0) is 62.7 Å². The zero-order valence-corrected chi connectivity index (χ0v) is 16.9. The monoisotopic (exact) mass is 392 g/mol. The van der Waals surface area contributed by atoms with E-state index in [9.17, 15) is 0 Å².